The van der Waals surface area contributed by atoms with Crippen LogP contribution in [0, 0.1) is 0 Å². The van der Waals surface area contributed by atoms with Crippen molar-refractivity contribution in [1.29, 1.82) is 0 Å². The zero-order valence-electron chi connectivity index (χ0n) is 26.0. The van der Waals surface area contributed by atoms with E-state index >= 15 is 0 Å². The van der Waals surface area contributed by atoms with E-state index in [1.54, 1.807) is 6.08 Å². The number of sulfone groups is 1. The van der Waals surface area contributed by atoms with Crippen LogP contribution in [0.3, 0.4) is 0 Å². The number of carbonyl (C=O) groups excluding carboxylic acids is 1. The van der Waals surface area contributed by atoms with Crippen molar-refractivity contribution in [2.75, 3.05) is 19.6 Å². The van der Waals surface area contributed by atoms with Crippen LogP contribution in [0.15, 0.2) is 85.5 Å². The van der Waals surface area contributed by atoms with Gasteiger partial charge in [0.2, 0.25) is 0 Å². The quantitative estimate of drug-likeness (QED) is 0.114. The lowest BCUT2D eigenvalue weighted by Crippen LogP contribution is -2.44. The van der Waals surface area contributed by atoms with Gasteiger partial charge in [-0.2, -0.15) is 0 Å². The van der Waals surface area contributed by atoms with Gasteiger partial charge in [-0.25, -0.2) is 8.42 Å². The molecule has 44 heavy (non-hydrogen) atoms. The lowest BCUT2D eigenvalue weighted by Gasteiger charge is -2.38. The van der Waals surface area contributed by atoms with Crippen LogP contribution in [0.5, 0.6) is 0 Å². The molecule has 0 amide bonds. The Kier molecular flexibility index (Phi) is 9.23. The monoisotopic (exact) mass is 610 g/mol. The fraction of sp³-hybridized carbons (Fsp3) is 0.447. The average molecular weight is 611 g/mol. The number of hydrogen-bond donors (Lipinski definition) is 0. The molecule has 1 fully saturated rings. The maximum absolute atomic E-state index is 14.8. The van der Waals surface area contributed by atoms with Crippen molar-refractivity contribution < 1.29 is 13.2 Å². The van der Waals surface area contributed by atoms with Gasteiger partial charge in [0.1, 0.15) is 11.0 Å². The molecular formula is C38H46N2O3S. The predicted octanol–water partition coefficient (Wildman–Crippen LogP) is 7.46. The van der Waals surface area contributed by atoms with Gasteiger partial charge in [0, 0.05) is 12.6 Å². The van der Waals surface area contributed by atoms with Crippen molar-refractivity contribution in [3.63, 3.8) is 0 Å². The molecule has 0 saturated carbocycles. The smallest absolute Gasteiger partial charge is 0.170 e. The molecule has 0 bridgehead atoms. The van der Waals surface area contributed by atoms with Crippen molar-refractivity contribution in [2.45, 2.75) is 86.9 Å². The Hall–Kier alpha value is -3.06. The topological polar surface area (TPSA) is 57.7 Å². The first-order valence-electron chi connectivity index (χ1n) is 16.5. The van der Waals surface area contributed by atoms with Crippen molar-refractivity contribution >= 4 is 16.1 Å². The van der Waals surface area contributed by atoms with E-state index in [4.69, 9.17) is 0 Å². The van der Waals surface area contributed by atoms with E-state index in [1.807, 2.05) is 42.5 Å². The minimum atomic E-state index is -3.63. The van der Waals surface area contributed by atoms with E-state index in [1.165, 1.54) is 5.56 Å². The molecule has 2 unspecified atom stereocenters. The largest absolute Gasteiger partial charge is 0.303 e. The Labute approximate surface area is 263 Å². The molecule has 3 aliphatic rings. The van der Waals surface area contributed by atoms with Crippen LogP contribution in [0.25, 0.3) is 11.1 Å². The van der Waals surface area contributed by atoms with Crippen LogP contribution in [0.2, 0.25) is 0 Å². The van der Waals surface area contributed by atoms with Crippen molar-refractivity contribution in [1.82, 2.24) is 9.80 Å². The van der Waals surface area contributed by atoms with E-state index in [9.17, 15) is 13.2 Å². The number of fused-ring (bicyclic) bond motifs is 4. The summed E-state index contributed by atoms with van der Waals surface area (Å²) >= 11 is 0. The Bertz CT molecular complexity index is 1550. The van der Waals surface area contributed by atoms with E-state index in [0.29, 0.717) is 18.9 Å². The van der Waals surface area contributed by atoms with Crippen LogP contribution < -0.4 is 0 Å². The first-order chi connectivity index (χ1) is 21.5. The van der Waals surface area contributed by atoms with Crippen LogP contribution in [-0.2, 0) is 25.9 Å². The minimum Gasteiger partial charge on any atom is -0.303 e. The number of benzene rings is 3. The van der Waals surface area contributed by atoms with Gasteiger partial charge in [-0.3, -0.25) is 4.90 Å². The Balaban J connectivity index is 1.15. The normalized spacial score (nSPS) is 20.5. The van der Waals surface area contributed by atoms with E-state index in [0.717, 1.165) is 98.8 Å². The van der Waals surface area contributed by atoms with Crippen molar-refractivity contribution in [3.05, 3.63) is 108 Å². The zero-order chi connectivity index (χ0) is 30.7. The number of aldehydes is 1. The third kappa shape index (κ3) is 5.29. The molecule has 0 aromatic heterocycles. The summed E-state index contributed by atoms with van der Waals surface area (Å²) in [7, 11) is -3.63. The Morgan fingerprint density at radius 3 is 2.18 bits per heavy atom. The number of carbonyl (C=O) groups is 1. The fourth-order valence-electron chi connectivity index (χ4n) is 8.20. The molecule has 5 nitrogen and oxygen atoms in total. The molecule has 6 heteroatoms. The first-order valence-corrected chi connectivity index (χ1v) is 18.1. The summed E-state index contributed by atoms with van der Waals surface area (Å²) in [5, 5.41) is -0.576. The van der Waals surface area contributed by atoms with E-state index in [2.05, 4.69) is 53.6 Å². The predicted molar refractivity (Wildman–Crippen MR) is 179 cm³/mol. The molecule has 1 saturated heterocycles. The SMILES string of the molecule is C=CC(CCCC)S(=O)(=O)C1(CCCCN2CCC(N3Cc4ccccc4C3C=O)CC2)c2ccccc2-c2ccccc21. The Morgan fingerprint density at radius 2 is 1.55 bits per heavy atom. The molecule has 2 heterocycles. The van der Waals surface area contributed by atoms with E-state index in [-0.39, 0.29) is 6.04 Å². The zero-order valence-corrected chi connectivity index (χ0v) is 26.9. The van der Waals surface area contributed by atoms with Gasteiger partial charge in [-0.1, -0.05) is 98.6 Å². The summed E-state index contributed by atoms with van der Waals surface area (Å²) in [6.45, 7) is 9.94. The second-order valence-electron chi connectivity index (χ2n) is 12.9. The molecular weight excluding hydrogens is 564 g/mol. The maximum Gasteiger partial charge on any atom is 0.170 e. The summed E-state index contributed by atoms with van der Waals surface area (Å²) in [5.74, 6) is 0. The highest BCUT2D eigenvalue weighted by atomic mass is 32.2. The summed E-state index contributed by atoms with van der Waals surface area (Å²) in [4.78, 5) is 17.0. The molecule has 2 aliphatic heterocycles. The van der Waals surface area contributed by atoms with Crippen LogP contribution in [0.1, 0.15) is 86.6 Å². The number of piperidine rings is 1. The lowest BCUT2D eigenvalue weighted by atomic mass is 9.90. The lowest BCUT2D eigenvalue weighted by molar-refractivity contribution is -0.113. The van der Waals surface area contributed by atoms with E-state index < -0.39 is 19.8 Å². The van der Waals surface area contributed by atoms with Gasteiger partial charge in [-0.05, 0) is 91.5 Å². The summed E-state index contributed by atoms with van der Waals surface area (Å²) in [6, 6.07) is 24.9. The molecule has 2 atom stereocenters. The highest BCUT2D eigenvalue weighted by molar-refractivity contribution is 7.93. The third-order valence-corrected chi connectivity index (χ3v) is 13.3. The van der Waals surface area contributed by atoms with Gasteiger partial charge in [0.15, 0.2) is 9.84 Å². The molecule has 3 aromatic rings. The molecule has 0 spiro atoms. The van der Waals surface area contributed by atoms with Crippen LogP contribution >= 0.6 is 0 Å². The number of unbranched alkanes of at least 4 members (excludes halogenated alkanes) is 2. The molecule has 232 valence electrons. The molecule has 3 aromatic carbocycles. The second-order valence-corrected chi connectivity index (χ2v) is 15.3. The highest BCUT2D eigenvalue weighted by Gasteiger charge is 2.54. The van der Waals surface area contributed by atoms with Crippen LogP contribution in [0.4, 0.5) is 0 Å². The van der Waals surface area contributed by atoms with Crippen LogP contribution in [-0.4, -0.2) is 55.4 Å². The standard InChI is InChI=1S/C38H46N2O3S/c1-3-5-15-31(4-2)44(42,43)38(35-19-10-8-17-33(35)34-18-9-11-20-36(34)38)23-12-13-24-39-25-21-30(22-26-39)40-27-29-14-6-7-16-32(29)37(40)28-41/h4,6-11,14,16-20,28,30-31,37H,2-3,5,12-13,15,21-27H2,1H3. The average Bonchev–Trinajstić information content (AvgIpc) is 3.58. The molecule has 1 aliphatic carbocycles. The van der Waals surface area contributed by atoms with Gasteiger partial charge in [0.25, 0.3) is 0 Å². The number of hydrogen-bond acceptors (Lipinski definition) is 5. The Morgan fingerprint density at radius 1 is 0.909 bits per heavy atom. The van der Waals surface area contributed by atoms with Gasteiger partial charge < -0.3 is 9.69 Å². The summed E-state index contributed by atoms with van der Waals surface area (Å²) < 4.78 is 28.5. The first kappa shape index (κ1) is 30.9. The summed E-state index contributed by atoms with van der Waals surface area (Å²) in [6.07, 6.45) is 9.67. The number of nitrogens with zero attached hydrogens (tertiary/aromatic N) is 2. The maximum atomic E-state index is 14.8. The number of rotatable bonds is 13. The van der Waals surface area contributed by atoms with Gasteiger partial charge in [-0.15, -0.1) is 6.58 Å². The van der Waals surface area contributed by atoms with Gasteiger partial charge >= 0.3 is 0 Å². The third-order valence-electron chi connectivity index (χ3n) is 10.5. The van der Waals surface area contributed by atoms with Crippen molar-refractivity contribution in [3.8, 4) is 11.1 Å². The minimum absolute atomic E-state index is 0.130. The van der Waals surface area contributed by atoms with Gasteiger partial charge in [0.05, 0.1) is 11.3 Å². The fourth-order valence-corrected chi connectivity index (χ4v) is 10.8. The van der Waals surface area contributed by atoms with Crippen molar-refractivity contribution in [2.24, 2.45) is 0 Å². The highest BCUT2D eigenvalue weighted by Crippen LogP contribution is 2.56. The molecule has 0 N–H and O–H groups in total. The number of likely N-dealkylation sites (tertiary alicyclic amines) is 1. The molecule has 6 rings (SSSR count). The summed E-state index contributed by atoms with van der Waals surface area (Å²) in [5.41, 5.74) is 6.40. The molecule has 0 radical (unpaired) electrons. The second kappa shape index (κ2) is 13.1.